The van der Waals surface area contributed by atoms with E-state index in [1.54, 1.807) is 0 Å². The Labute approximate surface area is 286 Å². The van der Waals surface area contributed by atoms with Crippen LogP contribution in [-0.4, -0.2) is 10.5 Å². The Hall–Kier alpha value is -2.80. The van der Waals surface area contributed by atoms with Crippen molar-refractivity contribution in [1.29, 1.82) is 0 Å². The standard InChI is InChI=1S/C32H32O2S2.2F6P/c1-3-13-31(35-27-19-9-5-15-23(27)33-24-16-6-10-20-28(24)35)32(14-4-2)36-29-21-11-7-17-25(29)34-26-18-8-12-22-30(26)36;2*1-7(2,3,4,5)6/h5-12,15-22,31-32H,3-4,13-14H2,1-2H3;;/q+2;2*-1/t31-,32+;;. The van der Waals surface area contributed by atoms with E-state index in [1.165, 1.54) is 32.4 Å². The fraction of sp³-hybridized carbons (Fsp3) is 0.250. The van der Waals surface area contributed by atoms with E-state index in [0.29, 0.717) is 10.5 Å². The van der Waals surface area contributed by atoms with Crippen molar-refractivity contribution in [1.82, 2.24) is 0 Å². The van der Waals surface area contributed by atoms with Crippen molar-refractivity contribution in [2.45, 2.75) is 69.6 Å². The molecule has 0 aromatic heterocycles. The summed E-state index contributed by atoms with van der Waals surface area (Å²) in [5.41, 5.74) is 0. The molecule has 4 aromatic rings. The monoisotopic (exact) mass is 802 g/mol. The third kappa shape index (κ3) is 12.8. The van der Waals surface area contributed by atoms with Crippen LogP contribution < -0.4 is 9.47 Å². The third-order valence-corrected chi connectivity index (χ3v) is 12.7. The number of ether oxygens (including phenoxy) is 2. The van der Waals surface area contributed by atoms with Gasteiger partial charge < -0.3 is 9.47 Å². The number of benzene rings is 4. The summed E-state index contributed by atoms with van der Waals surface area (Å²) in [5.74, 6) is 4.08. The van der Waals surface area contributed by atoms with E-state index < -0.39 is 15.6 Å². The summed E-state index contributed by atoms with van der Waals surface area (Å²) in [6.45, 7) is 4.68. The molecule has 0 fully saturated rings. The van der Waals surface area contributed by atoms with Gasteiger partial charge in [0.05, 0.1) is 21.8 Å². The summed E-state index contributed by atoms with van der Waals surface area (Å²) >= 11 is 0. The zero-order valence-electron chi connectivity index (χ0n) is 26.3. The molecule has 6 rings (SSSR count). The number of para-hydroxylation sites is 4. The van der Waals surface area contributed by atoms with Gasteiger partial charge in [-0.25, -0.2) is 0 Å². The van der Waals surface area contributed by atoms with Crippen LogP contribution in [0.2, 0.25) is 0 Å². The first-order valence-electron chi connectivity index (χ1n) is 15.0. The Morgan fingerprint density at radius 2 is 0.620 bits per heavy atom. The minimum absolute atomic E-state index is 0.0779. The number of rotatable bonds is 7. The van der Waals surface area contributed by atoms with Crippen LogP contribution in [0, 0.1) is 0 Å². The zero-order valence-corrected chi connectivity index (χ0v) is 29.7. The average Bonchev–Trinajstić information content (AvgIpc) is 2.97. The van der Waals surface area contributed by atoms with Crippen molar-refractivity contribution >= 4 is 37.4 Å². The van der Waals surface area contributed by atoms with Crippen molar-refractivity contribution in [2.24, 2.45) is 0 Å². The summed E-state index contributed by atoms with van der Waals surface area (Å²) in [7, 11) is -21.5. The number of hydrogen-bond acceptors (Lipinski definition) is 2. The Kier molecular flexibility index (Phi) is 10.4. The first-order valence-corrected chi connectivity index (χ1v) is 21.6. The van der Waals surface area contributed by atoms with E-state index in [4.69, 9.17) is 9.47 Å². The van der Waals surface area contributed by atoms with Crippen LogP contribution in [0.3, 0.4) is 0 Å². The fourth-order valence-electron chi connectivity index (χ4n) is 5.47. The molecule has 0 radical (unpaired) electrons. The molecule has 50 heavy (non-hydrogen) atoms. The molecule has 2 nitrogen and oxygen atoms in total. The van der Waals surface area contributed by atoms with Gasteiger partial charge >= 0.3 is 66.0 Å². The molecule has 0 N–H and O–H groups in total. The topological polar surface area (TPSA) is 18.5 Å². The van der Waals surface area contributed by atoms with Crippen molar-refractivity contribution in [3.63, 3.8) is 0 Å². The summed E-state index contributed by atoms with van der Waals surface area (Å²) in [4.78, 5) is 5.42. The van der Waals surface area contributed by atoms with E-state index in [9.17, 15) is 50.4 Å². The zero-order chi connectivity index (χ0) is 37.3. The van der Waals surface area contributed by atoms with Crippen molar-refractivity contribution in [3.05, 3.63) is 97.1 Å². The van der Waals surface area contributed by atoms with Crippen LogP contribution in [0.15, 0.2) is 117 Å². The van der Waals surface area contributed by atoms with Crippen LogP contribution in [0.25, 0.3) is 0 Å². The number of fused-ring (bicyclic) bond motifs is 4. The molecule has 0 amide bonds. The Balaban J connectivity index is 0.000000340. The minimum atomic E-state index is -10.7. The summed E-state index contributed by atoms with van der Waals surface area (Å²) in [6, 6.07) is 34.9. The van der Waals surface area contributed by atoms with Gasteiger partial charge in [0.2, 0.25) is 19.6 Å². The second kappa shape index (κ2) is 13.0. The van der Waals surface area contributed by atoms with E-state index in [-0.39, 0.29) is 21.8 Å². The van der Waals surface area contributed by atoms with Crippen LogP contribution in [0.4, 0.5) is 50.4 Å². The Bertz CT molecular complexity index is 1580. The maximum atomic E-state index is 9.87. The molecule has 278 valence electrons. The second-order valence-corrected chi connectivity index (χ2v) is 19.4. The maximum absolute atomic E-state index is 10.7. The Morgan fingerprint density at radius 1 is 0.420 bits per heavy atom. The predicted octanol–water partition coefficient (Wildman–Crippen LogP) is 15.8. The van der Waals surface area contributed by atoms with Gasteiger partial charge in [-0.15, -0.1) is 0 Å². The first kappa shape index (κ1) is 40.0. The van der Waals surface area contributed by atoms with Gasteiger partial charge in [0.1, 0.15) is 0 Å². The number of hydrogen-bond donors (Lipinski definition) is 0. The van der Waals surface area contributed by atoms with Crippen LogP contribution in [0.1, 0.15) is 39.5 Å². The van der Waals surface area contributed by atoms with Gasteiger partial charge in [-0.05, 0) is 48.5 Å². The van der Waals surface area contributed by atoms with Gasteiger partial charge in [0.25, 0.3) is 0 Å². The average molecular weight is 803 g/mol. The van der Waals surface area contributed by atoms with E-state index in [2.05, 4.69) is 111 Å². The molecule has 4 aromatic carbocycles. The normalized spacial score (nSPS) is 18.0. The molecule has 0 unspecified atom stereocenters. The molecule has 0 aliphatic carbocycles. The van der Waals surface area contributed by atoms with E-state index >= 15 is 0 Å². The summed E-state index contributed by atoms with van der Waals surface area (Å²) < 4.78 is 131. The third-order valence-electron chi connectivity index (χ3n) is 6.95. The van der Waals surface area contributed by atoms with Crippen LogP contribution in [0.5, 0.6) is 23.0 Å². The quantitative estimate of drug-likeness (QED) is 0.105. The van der Waals surface area contributed by atoms with Gasteiger partial charge in [-0.3, -0.25) is 0 Å². The van der Waals surface area contributed by atoms with Gasteiger partial charge in [-0.2, -0.15) is 0 Å². The van der Waals surface area contributed by atoms with E-state index in [1.807, 2.05) is 0 Å². The molecule has 0 spiro atoms. The van der Waals surface area contributed by atoms with Gasteiger partial charge in [0.15, 0.2) is 33.5 Å². The SMILES string of the molecule is CCC[C@H]([C@H](CCC)[S+]1c2ccccc2Oc2ccccc21)[S+]1c2ccccc2Oc2ccccc21.F[P-](F)(F)(F)(F)F.F[P-](F)(F)(F)(F)F. The summed E-state index contributed by atoms with van der Waals surface area (Å²) in [6.07, 6.45) is 4.70. The van der Waals surface area contributed by atoms with Gasteiger partial charge in [-0.1, -0.05) is 75.2 Å². The second-order valence-electron chi connectivity index (χ2n) is 11.2. The number of halogens is 12. The fourth-order valence-corrected chi connectivity index (χ4v) is 11.9. The first-order chi connectivity index (χ1) is 22.7. The van der Waals surface area contributed by atoms with Crippen molar-refractivity contribution < 1.29 is 59.8 Å². The molecule has 2 aliphatic heterocycles. The molecule has 18 heteroatoms. The van der Waals surface area contributed by atoms with E-state index in [0.717, 1.165) is 35.8 Å². The molecular weight excluding hydrogens is 770 g/mol. The Morgan fingerprint density at radius 3 is 0.820 bits per heavy atom. The predicted molar refractivity (Wildman–Crippen MR) is 178 cm³/mol. The molecule has 2 heterocycles. The van der Waals surface area contributed by atoms with Crippen molar-refractivity contribution in [3.8, 4) is 23.0 Å². The van der Waals surface area contributed by atoms with Crippen LogP contribution in [-0.2, 0) is 21.8 Å². The van der Waals surface area contributed by atoms with Crippen LogP contribution >= 0.6 is 15.6 Å². The molecule has 2 aliphatic rings. The molecule has 0 saturated heterocycles. The molecule has 0 saturated carbocycles. The molecular formula is C32H32F12O2P2S2. The molecule has 2 atom stereocenters. The molecule has 0 bridgehead atoms. The summed E-state index contributed by atoms with van der Waals surface area (Å²) in [5, 5.41) is 1.01. The van der Waals surface area contributed by atoms with Gasteiger partial charge in [0, 0.05) is 12.8 Å². The van der Waals surface area contributed by atoms with Crippen molar-refractivity contribution in [2.75, 3.05) is 0 Å².